The van der Waals surface area contributed by atoms with E-state index in [0.29, 0.717) is 4.47 Å². The van der Waals surface area contributed by atoms with Crippen LogP contribution in [-0.2, 0) is 4.79 Å². The van der Waals surface area contributed by atoms with Gasteiger partial charge in [0.25, 0.3) is 5.91 Å². The summed E-state index contributed by atoms with van der Waals surface area (Å²) in [5, 5.41) is 5.12. The minimum atomic E-state index is -0.421. The first-order valence-corrected chi connectivity index (χ1v) is 5.60. The van der Waals surface area contributed by atoms with Crippen LogP contribution in [0.15, 0.2) is 21.2 Å². The maximum atomic E-state index is 11.5. The van der Waals surface area contributed by atoms with E-state index in [1.807, 2.05) is 13.8 Å². The summed E-state index contributed by atoms with van der Waals surface area (Å²) in [7, 11) is 0. The van der Waals surface area contributed by atoms with Crippen LogP contribution in [0, 0.1) is 0 Å². The van der Waals surface area contributed by atoms with E-state index in [1.54, 1.807) is 6.07 Å². The Morgan fingerprint density at radius 1 is 1.50 bits per heavy atom. The second-order valence-corrected chi connectivity index (χ2v) is 4.36. The lowest BCUT2D eigenvalue weighted by Crippen LogP contribution is -2.39. The fourth-order valence-electron chi connectivity index (χ4n) is 1.07. The minimum absolute atomic E-state index is 0.0553. The van der Waals surface area contributed by atoms with E-state index < -0.39 is 5.91 Å². The van der Waals surface area contributed by atoms with Crippen molar-refractivity contribution in [3.05, 3.63) is 22.6 Å². The second kappa shape index (κ2) is 5.69. The molecule has 1 aromatic heterocycles. The first-order valence-electron chi connectivity index (χ1n) is 4.81. The summed E-state index contributed by atoms with van der Waals surface area (Å²) in [6.45, 7) is 3.63. The maximum absolute atomic E-state index is 11.5. The van der Waals surface area contributed by atoms with Gasteiger partial charge in [-0.05, 0) is 35.8 Å². The van der Waals surface area contributed by atoms with Gasteiger partial charge in [0, 0.05) is 6.04 Å². The van der Waals surface area contributed by atoms with Crippen molar-refractivity contribution in [3.8, 4) is 0 Å². The molecule has 2 amide bonds. The molecule has 1 heterocycles. The predicted molar refractivity (Wildman–Crippen MR) is 62.0 cm³/mol. The minimum Gasteiger partial charge on any atom is -0.458 e. The van der Waals surface area contributed by atoms with E-state index in [0.717, 1.165) is 0 Å². The molecule has 0 aliphatic rings. The molecule has 16 heavy (non-hydrogen) atoms. The van der Waals surface area contributed by atoms with Crippen molar-refractivity contribution in [2.75, 3.05) is 6.54 Å². The topological polar surface area (TPSA) is 71.3 Å². The fraction of sp³-hybridized carbons (Fsp3) is 0.400. The number of amides is 2. The highest BCUT2D eigenvalue weighted by molar-refractivity contribution is 9.10. The predicted octanol–water partition coefficient (Wildman–Crippen LogP) is 1.30. The standard InChI is InChI=1S/C10H13BrN2O3/c1-6(2)13-8(14)5-12-10(15)9-7(11)3-4-16-9/h3-4,6H,5H2,1-2H3,(H,12,15)(H,13,14). The number of halogens is 1. The van der Waals surface area contributed by atoms with Crippen LogP contribution in [0.4, 0.5) is 0 Å². The van der Waals surface area contributed by atoms with Crippen molar-refractivity contribution in [2.45, 2.75) is 19.9 Å². The van der Waals surface area contributed by atoms with Crippen molar-refractivity contribution in [1.29, 1.82) is 0 Å². The summed E-state index contributed by atoms with van der Waals surface area (Å²) in [6, 6.07) is 1.67. The van der Waals surface area contributed by atoms with Crippen LogP contribution >= 0.6 is 15.9 Å². The summed E-state index contributed by atoms with van der Waals surface area (Å²) < 4.78 is 5.51. The van der Waals surface area contributed by atoms with Crippen molar-refractivity contribution in [3.63, 3.8) is 0 Å². The molecule has 0 spiro atoms. The third-order valence-corrected chi connectivity index (χ3v) is 2.31. The molecule has 2 N–H and O–H groups in total. The van der Waals surface area contributed by atoms with Crippen molar-refractivity contribution < 1.29 is 14.0 Å². The van der Waals surface area contributed by atoms with E-state index in [4.69, 9.17) is 4.42 Å². The van der Waals surface area contributed by atoms with Crippen molar-refractivity contribution in [1.82, 2.24) is 10.6 Å². The van der Waals surface area contributed by atoms with Crippen molar-refractivity contribution in [2.24, 2.45) is 0 Å². The molecular formula is C10H13BrN2O3. The first-order chi connectivity index (χ1) is 7.50. The van der Waals surface area contributed by atoms with Crippen LogP contribution in [0.3, 0.4) is 0 Å². The van der Waals surface area contributed by atoms with Gasteiger partial charge in [0.2, 0.25) is 11.7 Å². The molecule has 0 radical (unpaired) electrons. The van der Waals surface area contributed by atoms with Gasteiger partial charge < -0.3 is 15.1 Å². The molecule has 0 aliphatic heterocycles. The molecule has 0 unspecified atom stereocenters. The van der Waals surface area contributed by atoms with Gasteiger partial charge in [-0.25, -0.2) is 0 Å². The van der Waals surface area contributed by atoms with Crippen LogP contribution in [0.2, 0.25) is 0 Å². The van der Waals surface area contributed by atoms with Crippen LogP contribution in [0.1, 0.15) is 24.4 Å². The van der Waals surface area contributed by atoms with Gasteiger partial charge in [-0.3, -0.25) is 9.59 Å². The molecule has 0 aromatic carbocycles. The van der Waals surface area contributed by atoms with Gasteiger partial charge >= 0.3 is 0 Å². The molecular weight excluding hydrogens is 276 g/mol. The van der Waals surface area contributed by atoms with Gasteiger partial charge in [0.15, 0.2) is 0 Å². The lowest BCUT2D eigenvalue weighted by molar-refractivity contribution is -0.120. The van der Waals surface area contributed by atoms with Gasteiger partial charge in [-0.2, -0.15) is 0 Å². The summed E-state index contributed by atoms with van der Waals surface area (Å²) in [5.74, 6) is -0.487. The highest BCUT2D eigenvalue weighted by Crippen LogP contribution is 2.16. The third kappa shape index (κ3) is 3.69. The Morgan fingerprint density at radius 3 is 2.69 bits per heavy atom. The molecule has 0 fully saturated rings. The van der Waals surface area contributed by atoms with E-state index >= 15 is 0 Å². The SMILES string of the molecule is CC(C)NC(=O)CNC(=O)c1occc1Br. The molecule has 0 saturated carbocycles. The first kappa shape index (κ1) is 12.8. The van der Waals surface area contributed by atoms with Gasteiger partial charge in [-0.15, -0.1) is 0 Å². The zero-order valence-corrected chi connectivity index (χ0v) is 10.6. The lowest BCUT2D eigenvalue weighted by Gasteiger charge is -2.08. The summed E-state index contributed by atoms with van der Waals surface area (Å²) in [6.07, 6.45) is 1.40. The normalized spacial score (nSPS) is 10.2. The van der Waals surface area contributed by atoms with Gasteiger partial charge in [0.05, 0.1) is 17.3 Å². The molecule has 0 atom stereocenters. The van der Waals surface area contributed by atoms with E-state index in [1.165, 1.54) is 6.26 Å². The summed E-state index contributed by atoms with van der Waals surface area (Å²) >= 11 is 3.16. The third-order valence-electron chi connectivity index (χ3n) is 1.68. The molecule has 1 rings (SSSR count). The van der Waals surface area contributed by atoms with Crippen LogP contribution in [0.5, 0.6) is 0 Å². The molecule has 6 heteroatoms. The van der Waals surface area contributed by atoms with Crippen LogP contribution < -0.4 is 10.6 Å². The van der Waals surface area contributed by atoms with Crippen LogP contribution in [0.25, 0.3) is 0 Å². The smallest absolute Gasteiger partial charge is 0.288 e. The molecule has 0 bridgehead atoms. The highest BCUT2D eigenvalue weighted by Gasteiger charge is 2.14. The molecule has 5 nitrogen and oxygen atoms in total. The average molecular weight is 289 g/mol. The largest absolute Gasteiger partial charge is 0.458 e. The van der Waals surface area contributed by atoms with E-state index in [-0.39, 0.29) is 24.3 Å². The van der Waals surface area contributed by atoms with E-state index in [9.17, 15) is 9.59 Å². The van der Waals surface area contributed by atoms with Gasteiger partial charge in [0.1, 0.15) is 0 Å². The van der Waals surface area contributed by atoms with Crippen molar-refractivity contribution >= 4 is 27.7 Å². The van der Waals surface area contributed by atoms with Gasteiger partial charge in [-0.1, -0.05) is 0 Å². The number of hydrogen-bond donors (Lipinski definition) is 2. The second-order valence-electron chi connectivity index (χ2n) is 3.50. The fourth-order valence-corrected chi connectivity index (χ4v) is 1.45. The highest BCUT2D eigenvalue weighted by atomic mass is 79.9. The number of rotatable bonds is 4. The average Bonchev–Trinajstić information content (AvgIpc) is 2.60. The Kier molecular flexibility index (Phi) is 4.54. The zero-order chi connectivity index (χ0) is 12.1. The Labute approximate surface area is 102 Å². The summed E-state index contributed by atoms with van der Waals surface area (Å²) in [5.41, 5.74) is 0. The molecule has 0 aliphatic carbocycles. The number of carbonyl (C=O) groups is 2. The quantitative estimate of drug-likeness (QED) is 0.877. The number of nitrogens with one attached hydrogen (secondary N) is 2. The zero-order valence-electron chi connectivity index (χ0n) is 9.04. The molecule has 88 valence electrons. The maximum Gasteiger partial charge on any atom is 0.288 e. The summed E-state index contributed by atoms with van der Waals surface area (Å²) in [4.78, 5) is 22.7. The van der Waals surface area contributed by atoms with E-state index in [2.05, 4.69) is 26.6 Å². The Hall–Kier alpha value is -1.30. The number of furan rings is 1. The van der Waals surface area contributed by atoms with Crippen LogP contribution in [-0.4, -0.2) is 24.4 Å². The number of carbonyl (C=O) groups excluding carboxylic acids is 2. The Morgan fingerprint density at radius 2 is 2.19 bits per heavy atom. The molecule has 1 aromatic rings. The lowest BCUT2D eigenvalue weighted by atomic mass is 10.4. The monoisotopic (exact) mass is 288 g/mol. The Balaban J connectivity index is 2.42. The molecule has 0 saturated heterocycles. The number of hydrogen-bond acceptors (Lipinski definition) is 3. The Bertz CT molecular complexity index is 387.